The highest BCUT2D eigenvalue weighted by atomic mass is 19.4. The number of carbonyl (C=O) groups excluding carboxylic acids is 2. The smallest absolute Gasteiger partial charge is 0.417 e. The maximum absolute atomic E-state index is 14.3. The lowest BCUT2D eigenvalue weighted by Crippen LogP contribution is -2.53. The second-order valence-electron chi connectivity index (χ2n) is 11.7. The predicted octanol–water partition coefficient (Wildman–Crippen LogP) is 3.71. The molecule has 3 amide bonds. The third-order valence-corrected chi connectivity index (χ3v) is 8.22. The lowest BCUT2D eigenvalue weighted by Gasteiger charge is -2.40. The molecule has 2 aromatic heterocycles. The Morgan fingerprint density at radius 2 is 1.92 bits per heavy atom. The Bertz CT molecular complexity index is 1290. The van der Waals surface area contributed by atoms with Crippen molar-refractivity contribution >= 4 is 18.0 Å². The minimum Gasteiger partial charge on any atom is -0.465 e. The van der Waals surface area contributed by atoms with Crippen molar-refractivity contribution in [1.29, 1.82) is 0 Å². The largest absolute Gasteiger partial charge is 0.465 e. The molecule has 2 fully saturated rings. The minimum atomic E-state index is -4.55. The number of alkyl halides is 3. The Morgan fingerprint density at radius 1 is 1.18 bits per heavy atom. The highest BCUT2D eigenvalue weighted by Gasteiger charge is 2.61. The number of likely N-dealkylation sites (tertiary alicyclic amines) is 1. The predicted molar refractivity (Wildman–Crippen MR) is 132 cm³/mol. The fourth-order valence-electron chi connectivity index (χ4n) is 6.61. The van der Waals surface area contributed by atoms with E-state index < -0.39 is 34.8 Å². The Balaban J connectivity index is 1.46. The molecule has 3 atom stereocenters. The van der Waals surface area contributed by atoms with Crippen molar-refractivity contribution in [3.05, 3.63) is 47.8 Å². The second-order valence-corrected chi connectivity index (χ2v) is 11.7. The molecule has 0 aromatic carbocycles. The molecule has 39 heavy (non-hydrogen) atoms. The Kier molecular flexibility index (Phi) is 6.38. The van der Waals surface area contributed by atoms with Crippen molar-refractivity contribution in [2.75, 3.05) is 19.6 Å². The first-order valence-electron chi connectivity index (χ1n) is 12.8. The average molecular weight is 549 g/mol. The Morgan fingerprint density at radius 3 is 2.54 bits per heavy atom. The second kappa shape index (κ2) is 9.23. The van der Waals surface area contributed by atoms with Crippen LogP contribution in [0.3, 0.4) is 0 Å². The molecule has 1 N–H and O–H groups in total. The molecule has 210 valence electrons. The van der Waals surface area contributed by atoms with E-state index in [0.717, 1.165) is 12.3 Å². The fraction of sp³-hybridized carbons (Fsp3) is 0.577. The Hall–Kier alpha value is -3.64. The SMILES string of the molecule is CC(C)(C)N(C(=O)O)[C@@H]1C[C@H]2CN(C(=O)n3ccnc3)C[C@@]2(C(=O)N2CCc3ncc(C(F)(F)F)cc3C2)C1. The van der Waals surface area contributed by atoms with Crippen LogP contribution in [0, 0.1) is 11.3 Å². The van der Waals surface area contributed by atoms with E-state index >= 15 is 0 Å². The van der Waals surface area contributed by atoms with Crippen molar-refractivity contribution < 1.29 is 32.7 Å². The number of pyridine rings is 1. The minimum absolute atomic E-state index is 0.0262. The number of amides is 3. The first-order chi connectivity index (χ1) is 18.2. The number of rotatable bonds is 2. The van der Waals surface area contributed by atoms with Gasteiger partial charge < -0.3 is 19.8 Å². The van der Waals surface area contributed by atoms with Gasteiger partial charge in [0, 0.05) is 68.5 Å². The van der Waals surface area contributed by atoms with Gasteiger partial charge in [0.1, 0.15) is 6.33 Å². The number of imidazole rings is 1. The van der Waals surface area contributed by atoms with Crippen LogP contribution in [-0.2, 0) is 23.9 Å². The summed E-state index contributed by atoms with van der Waals surface area (Å²) in [6.07, 6.45) is 0.487. The first kappa shape index (κ1) is 26.9. The highest BCUT2D eigenvalue weighted by Crippen LogP contribution is 2.52. The molecule has 10 nitrogen and oxygen atoms in total. The number of carboxylic acid groups (broad SMARTS) is 1. The van der Waals surface area contributed by atoms with E-state index in [4.69, 9.17) is 0 Å². The van der Waals surface area contributed by atoms with E-state index in [2.05, 4.69) is 9.97 Å². The summed E-state index contributed by atoms with van der Waals surface area (Å²) >= 11 is 0. The van der Waals surface area contributed by atoms with Crippen molar-refractivity contribution in [2.45, 2.75) is 64.3 Å². The molecule has 4 heterocycles. The summed E-state index contributed by atoms with van der Waals surface area (Å²) in [5.74, 6) is -0.578. The summed E-state index contributed by atoms with van der Waals surface area (Å²) in [6.45, 7) is 6.00. The molecule has 0 spiro atoms. The summed E-state index contributed by atoms with van der Waals surface area (Å²) in [4.78, 5) is 52.2. The van der Waals surface area contributed by atoms with Gasteiger partial charge >= 0.3 is 18.3 Å². The zero-order chi connectivity index (χ0) is 28.3. The van der Waals surface area contributed by atoms with Crippen LogP contribution >= 0.6 is 0 Å². The molecular weight excluding hydrogens is 517 g/mol. The summed E-state index contributed by atoms with van der Waals surface area (Å²) in [5, 5.41) is 10.0. The quantitative estimate of drug-likeness (QED) is 0.613. The van der Waals surface area contributed by atoms with Gasteiger partial charge in [-0.2, -0.15) is 13.2 Å². The van der Waals surface area contributed by atoms with E-state index in [-0.39, 0.29) is 50.5 Å². The lowest BCUT2D eigenvalue weighted by molar-refractivity contribution is -0.144. The van der Waals surface area contributed by atoms with E-state index in [1.807, 2.05) is 0 Å². The highest BCUT2D eigenvalue weighted by molar-refractivity contribution is 5.87. The summed E-state index contributed by atoms with van der Waals surface area (Å²) in [7, 11) is 0. The molecule has 3 aliphatic rings. The number of hydrogen-bond acceptors (Lipinski definition) is 5. The molecule has 0 radical (unpaired) electrons. The summed E-state index contributed by atoms with van der Waals surface area (Å²) in [5.41, 5.74) is -1.77. The van der Waals surface area contributed by atoms with Gasteiger partial charge in [-0.1, -0.05) is 0 Å². The van der Waals surface area contributed by atoms with Gasteiger partial charge in [-0.15, -0.1) is 0 Å². The van der Waals surface area contributed by atoms with Gasteiger partial charge in [0.05, 0.1) is 11.0 Å². The van der Waals surface area contributed by atoms with Crippen molar-refractivity contribution in [3.8, 4) is 0 Å². The third kappa shape index (κ3) is 4.71. The van der Waals surface area contributed by atoms with Gasteiger partial charge in [-0.3, -0.25) is 14.3 Å². The molecule has 0 unspecified atom stereocenters. The van der Waals surface area contributed by atoms with Crippen LogP contribution in [0.15, 0.2) is 31.0 Å². The zero-order valence-corrected chi connectivity index (χ0v) is 22.0. The molecule has 0 bridgehead atoms. The molecule has 5 rings (SSSR count). The van der Waals surface area contributed by atoms with E-state index in [1.165, 1.54) is 28.2 Å². The first-order valence-corrected chi connectivity index (χ1v) is 12.8. The average Bonchev–Trinajstić information content (AvgIpc) is 3.56. The number of carbonyl (C=O) groups is 3. The number of hydrogen-bond donors (Lipinski definition) is 1. The van der Waals surface area contributed by atoms with Gasteiger partial charge in [0.25, 0.3) is 0 Å². The third-order valence-electron chi connectivity index (χ3n) is 8.22. The van der Waals surface area contributed by atoms with Gasteiger partial charge in [-0.05, 0) is 51.2 Å². The number of fused-ring (bicyclic) bond motifs is 2. The summed E-state index contributed by atoms with van der Waals surface area (Å²) in [6, 6.07) is 0.265. The Labute approximate surface area is 223 Å². The monoisotopic (exact) mass is 548 g/mol. The van der Waals surface area contributed by atoms with Crippen molar-refractivity contribution in [1.82, 2.24) is 29.2 Å². The van der Waals surface area contributed by atoms with Crippen LogP contribution in [0.1, 0.15) is 50.4 Å². The molecule has 2 aliphatic heterocycles. The fourth-order valence-corrected chi connectivity index (χ4v) is 6.61. The van der Waals surface area contributed by atoms with Crippen LogP contribution in [-0.4, -0.2) is 83.6 Å². The molecular formula is C26H31F3N6O4. The van der Waals surface area contributed by atoms with Crippen LogP contribution < -0.4 is 0 Å². The molecule has 1 saturated carbocycles. The molecule has 2 aromatic rings. The van der Waals surface area contributed by atoms with Crippen LogP contribution in [0.4, 0.5) is 22.8 Å². The molecule has 1 saturated heterocycles. The van der Waals surface area contributed by atoms with Crippen LogP contribution in [0.25, 0.3) is 0 Å². The topological polar surface area (TPSA) is 112 Å². The molecule has 1 aliphatic carbocycles. The van der Waals surface area contributed by atoms with Gasteiger partial charge in [-0.25, -0.2) is 14.6 Å². The van der Waals surface area contributed by atoms with Crippen LogP contribution in [0.5, 0.6) is 0 Å². The maximum atomic E-state index is 14.3. The standard InChI is InChI=1S/C26H31F3N6O4/c1-24(2,3)35(23(38)39)19-9-18-13-34(22(37)33-7-5-30-15-33)14-25(18,10-19)21(36)32-6-4-20-16(12-32)8-17(11-31-20)26(27,28)29/h5,7-8,11,15,18-19H,4,6,9-10,12-14H2,1-3H3,(H,38,39)/t18-,19+,25-/m0/s1. The maximum Gasteiger partial charge on any atom is 0.417 e. The zero-order valence-electron chi connectivity index (χ0n) is 22.0. The normalized spacial score (nSPS) is 24.9. The van der Waals surface area contributed by atoms with E-state index in [1.54, 1.807) is 30.6 Å². The van der Waals surface area contributed by atoms with Crippen molar-refractivity contribution in [3.63, 3.8) is 0 Å². The van der Waals surface area contributed by atoms with E-state index in [0.29, 0.717) is 24.1 Å². The van der Waals surface area contributed by atoms with Gasteiger partial charge in [0.15, 0.2) is 0 Å². The van der Waals surface area contributed by atoms with Gasteiger partial charge in [0.2, 0.25) is 5.91 Å². The van der Waals surface area contributed by atoms with Crippen LogP contribution in [0.2, 0.25) is 0 Å². The number of aromatic nitrogens is 3. The number of halogens is 3. The van der Waals surface area contributed by atoms with Crippen molar-refractivity contribution in [2.24, 2.45) is 11.3 Å². The molecule has 13 heteroatoms. The number of nitrogens with zero attached hydrogens (tertiary/aromatic N) is 6. The summed E-state index contributed by atoms with van der Waals surface area (Å²) < 4.78 is 41.3. The van der Waals surface area contributed by atoms with E-state index in [9.17, 15) is 32.7 Å². The lowest BCUT2D eigenvalue weighted by atomic mass is 9.78.